The molecule has 0 aromatic carbocycles. The number of amides is 2. The Labute approximate surface area is 222 Å². The van der Waals surface area contributed by atoms with Crippen molar-refractivity contribution in [2.45, 2.75) is 65.3 Å². The van der Waals surface area contributed by atoms with Crippen molar-refractivity contribution in [3.63, 3.8) is 0 Å². The van der Waals surface area contributed by atoms with Crippen molar-refractivity contribution < 1.29 is 33.0 Å². The number of alkyl halides is 1. The molecule has 0 aliphatic carbocycles. The fourth-order valence-electron chi connectivity index (χ4n) is 4.41. The van der Waals surface area contributed by atoms with Gasteiger partial charge < -0.3 is 24.5 Å². The molecule has 2 N–H and O–H groups in total. The Morgan fingerprint density at radius 2 is 2.00 bits per heavy atom. The van der Waals surface area contributed by atoms with Gasteiger partial charge in [-0.05, 0) is 25.3 Å². The van der Waals surface area contributed by atoms with Crippen LogP contribution in [0.15, 0.2) is 58.4 Å². The van der Waals surface area contributed by atoms with Gasteiger partial charge in [0, 0.05) is 25.4 Å². The number of aromatic nitrogens is 1. The van der Waals surface area contributed by atoms with Crippen molar-refractivity contribution >= 4 is 17.8 Å². The lowest BCUT2D eigenvalue weighted by atomic mass is 9.94. The summed E-state index contributed by atoms with van der Waals surface area (Å²) in [5.74, 6) is -1.81. The van der Waals surface area contributed by atoms with Crippen LogP contribution in [0.2, 0.25) is 0 Å². The number of cyclic esters (lactones) is 1. The highest BCUT2D eigenvalue weighted by Crippen LogP contribution is 2.25. The Bertz CT molecular complexity index is 1140. The number of halogens is 1. The molecule has 0 saturated heterocycles. The summed E-state index contributed by atoms with van der Waals surface area (Å²) in [6.45, 7) is 7.96. The smallest absolute Gasteiger partial charge is 0.355 e. The number of hydrogen-bond donors (Lipinski definition) is 2. The van der Waals surface area contributed by atoms with E-state index >= 15 is 0 Å². The Balaban J connectivity index is 1.86. The number of aliphatic hydroxyl groups is 1. The second-order valence-corrected chi connectivity index (χ2v) is 9.96. The standard InChI is InChI=1S/C28H36FN3O6/c1-17(2)26-19(4)9-10-24(34)30-11-5-7-18(3)13-21(33)14-20(29)15-25-31-22(16-37-25)27(35)32-12-6-8-23(32)28(36)38-26/h5,7-10,13,16-17,19-21,26,33H,6,11-12,14-15H2,1-4H3,(H,30,34)/b7-5?,10-9+,18-13?/t19-,20+,21-,26-/m1/s1. The van der Waals surface area contributed by atoms with Gasteiger partial charge in [0.25, 0.3) is 5.91 Å². The van der Waals surface area contributed by atoms with E-state index in [1.54, 1.807) is 31.2 Å². The van der Waals surface area contributed by atoms with E-state index in [4.69, 9.17) is 9.15 Å². The molecule has 0 saturated carbocycles. The number of rotatable bonds is 1. The Morgan fingerprint density at radius 3 is 2.74 bits per heavy atom. The number of oxazole rings is 1. The lowest BCUT2D eigenvalue weighted by molar-refractivity contribution is -0.149. The van der Waals surface area contributed by atoms with E-state index < -0.39 is 30.3 Å². The number of nitrogens with one attached hydrogen (secondary N) is 1. The fraction of sp³-hybridized carbons (Fsp3) is 0.500. The zero-order chi connectivity index (χ0) is 27.8. The third-order valence-electron chi connectivity index (χ3n) is 6.30. The maximum atomic E-state index is 14.6. The van der Waals surface area contributed by atoms with Crippen LogP contribution < -0.4 is 5.32 Å². The number of fused-ring (bicyclic) bond motifs is 3. The van der Waals surface area contributed by atoms with Gasteiger partial charge in [-0.15, -0.1) is 0 Å². The monoisotopic (exact) mass is 529 g/mol. The summed E-state index contributed by atoms with van der Waals surface area (Å²) in [6.07, 6.45) is 7.87. The third kappa shape index (κ3) is 7.98. The second-order valence-electron chi connectivity index (χ2n) is 9.96. The number of hydrogen-bond acceptors (Lipinski definition) is 7. The summed E-state index contributed by atoms with van der Waals surface area (Å²) < 4.78 is 25.7. The van der Waals surface area contributed by atoms with Crippen LogP contribution in [-0.4, -0.2) is 64.2 Å². The highest BCUT2D eigenvalue weighted by molar-refractivity contribution is 6.00. The number of carbonyl (C=O) groups is 3. The fourth-order valence-corrected chi connectivity index (χ4v) is 4.41. The van der Waals surface area contributed by atoms with Crippen LogP contribution >= 0.6 is 0 Å². The summed E-state index contributed by atoms with van der Waals surface area (Å²) >= 11 is 0. The molecule has 3 heterocycles. The van der Waals surface area contributed by atoms with Crippen molar-refractivity contribution in [1.29, 1.82) is 0 Å². The predicted molar refractivity (Wildman–Crippen MR) is 138 cm³/mol. The second kappa shape index (κ2) is 13.3. The van der Waals surface area contributed by atoms with Crippen LogP contribution in [0.5, 0.6) is 0 Å². The highest BCUT2D eigenvalue weighted by atomic mass is 19.1. The van der Waals surface area contributed by atoms with Crippen LogP contribution in [0.25, 0.3) is 0 Å². The van der Waals surface area contributed by atoms with Crippen LogP contribution in [0.1, 0.15) is 56.9 Å². The van der Waals surface area contributed by atoms with E-state index in [1.807, 2.05) is 20.8 Å². The molecule has 206 valence electrons. The molecular weight excluding hydrogens is 493 g/mol. The number of carbonyl (C=O) groups excluding carboxylic acids is 3. The lowest BCUT2D eigenvalue weighted by Crippen LogP contribution is -2.36. The molecule has 38 heavy (non-hydrogen) atoms. The van der Waals surface area contributed by atoms with Crippen molar-refractivity contribution in [2.75, 3.05) is 13.1 Å². The van der Waals surface area contributed by atoms with Gasteiger partial charge in [0.2, 0.25) is 5.91 Å². The van der Waals surface area contributed by atoms with E-state index in [-0.39, 0.29) is 61.0 Å². The molecule has 9 nitrogen and oxygen atoms in total. The first-order valence-electron chi connectivity index (χ1n) is 12.9. The van der Waals surface area contributed by atoms with Crippen molar-refractivity contribution in [3.8, 4) is 0 Å². The average Bonchev–Trinajstić information content (AvgIpc) is 3.52. The van der Waals surface area contributed by atoms with Crippen LogP contribution in [0.4, 0.5) is 4.39 Å². The SMILES string of the molecule is CC1=C[C@@H](O)C[C@H](F)Cc2nc(co2)C(=O)N2CCC=C2C(=O)O[C@H](C(C)C)[C@H](C)/C=C/C(=O)NCC=C1. The van der Waals surface area contributed by atoms with Crippen LogP contribution in [0.3, 0.4) is 0 Å². The van der Waals surface area contributed by atoms with E-state index in [2.05, 4.69) is 10.3 Å². The molecule has 0 unspecified atom stereocenters. The van der Waals surface area contributed by atoms with Crippen molar-refractivity contribution in [2.24, 2.45) is 11.8 Å². The number of aliphatic hydroxyl groups excluding tert-OH is 1. The molecule has 10 heteroatoms. The number of allylic oxidation sites excluding steroid dienone is 2. The molecule has 2 aliphatic rings. The normalized spacial score (nSPS) is 27.3. The average molecular weight is 530 g/mol. The zero-order valence-corrected chi connectivity index (χ0v) is 22.2. The molecule has 3 rings (SSSR count). The number of esters is 1. The summed E-state index contributed by atoms with van der Waals surface area (Å²) in [7, 11) is 0. The van der Waals surface area contributed by atoms with Gasteiger partial charge in [-0.25, -0.2) is 14.2 Å². The summed E-state index contributed by atoms with van der Waals surface area (Å²) in [5, 5.41) is 13.0. The molecule has 2 amide bonds. The maximum absolute atomic E-state index is 14.6. The third-order valence-corrected chi connectivity index (χ3v) is 6.30. The maximum Gasteiger partial charge on any atom is 0.355 e. The quantitative estimate of drug-likeness (QED) is 0.535. The minimum atomic E-state index is -1.46. The molecule has 2 aliphatic heterocycles. The predicted octanol–water partition coefficient (Wildman–Crippen LogP) is 3.43. The largest absolute Gasteiger partial charge is 0.457 e. The minimum absolute atomic E-state index is 0.0237. The number of nitrogens with zero attached hydrogens (tertiary/aromatic N) is 2. The Morgan fingerprint density at radius 1 is 1.24 bits per heavy atom. The van der Waals surface area contributed by atoms with Gasteiger partial charge in [0.1, 0.15) is 24.2 Å². The van der Waals surface area contributed by atoms with Gasteiger partial charge >= 0.3 is 5.97 Å². The lowest BCUT2D eigenvalue weighted by Gasteiger charge is -2.27. The van der Waals surface area contributed by atoms with Gasteiger partial charge in [-0.2, -0.15) is 0 Å². The van der Waals surface area contributed by atoms with E-state index in [0.29, 0.717) is 12.0 Å². The van der Waals surface area contributed by atoms with Gasteiger partial charge in [-0.3, -0.25) is 9.59 Å². The molecule has 4 atom stereocenters. The summed E-state index contributed by atoms with van der Waals surface area (Å²) in [6, 6.07) is 0. The molecule has 1 aromatic rings. The summed E-state index contributed by atoms with van der Waals surface area (Å²) in [5.41, 5.74) is 0.773. The molecule has 0 spiro atoms. The molecular formula is C28H36FN3O6. The first kappa shape index (κ1) is 29.0. The Hall–Kier alpha value is -3.53. The first-order chi connectivity index (χ1) is 18.0. The first-order valence-corrected chi connectivity index (χ1v) is 12.9. The van der Waals surface area contributed by atoms with Crippen LogP contribution in [0, 0.1) is 11.8 Å². The minimum Gasteiger partial charge on any atom is -0.457 e. The van der Waals surface area contributed by atoms with Crippen molar-refractivity contribution in [1.82, 2.24) is 15.2 Å². The zero-order valence-electron chi connectivity index (χ0n) is 22.2. The van der Waals surface area contributed by atoms with E-state index in [1.165, 1.54) is 17.1 Å². The van der Waals surface area contributed by atoms with Gasteiger partial charge in [-0.1, -0.05) is 56.7 Å². The van der Waals surface area contributed by atoms with E-state index in [0.717, 1.165) is 6.26 Å². The molecule has 1 aromatic heterocycles. The van der Waals surface area contributed by atoms with Gasteiger partial charge in [0.05, 0.1) is 12.5 Å². The van der Waals surface area contributed by atoms with E-state index in [9.17, 15) is 23.9 Å². The summed E-state index contributed by atoms with van der Waals surface area (Å²) in [4.78, 5) is 43.9. The van der Waals surface area contributed by atoms with Crippen molar-refractivity contribution in [3.05, 3.63) is 65.6 Å². The number of ether oxygens (including phenoxy) is 1. The molecule has 2 bridgehead atoms. The van der Waals surface area contributed by atoms with Crippen LogP contribution in [-0.2, 0) is 20.7 Å². The topological polar surface area (TPSA) is 122 Å². The highest BCUT2D eigenvalue weighted by Gasteiger charge is 2.33. The van der Waals surface area contributed by atoms with Gasteiger partial charge in [0.15, 0.2) is 11.6 Å². The molecule has 0 radical (unpaired) electrons. The Kier molecular flexibility index (Phi) is 10.2. The molecule has 0 fully saturated rings.